The van der Waals surface area contributed by atoms with Gasteiger partial charge in [0.2, 0.25) is 0 Å². The fourth-order valence-electron chi connectivity index (χ4n) is 5.75. The zero-order chi connectivity index (χ0) is 27.7. The molecule has 3 rings (SSSR count). The van der Waals surface area contributed by atoms with Crippen molar-refractivity contribution in [2.24, 2.45) is 23.7 Å². The topological polar surface area (TPSA) is 164 Å². The zero-order valence-corrected chi connectivity index (χ0v) is 21.3. The molecule has 12 heteroatoms. The Balaban J connectivity index is 2.41. The van der Waals surface area contributed by atoms with Gasteiger partial charge in [-0.25, -0.2) is 4.79 Å². The number of aliphatic hydroxyl groups is 2. The summed E-state index contributed by atoms with van der Waals surface area (Å²) < 4.78 is 30.3. The van der Waals surface area contributed by atoms with Gasteiger partial charge in [-0.05, 0) is 24.1 Å². The van der Waals surface area contributed by atoms with E-state index in [0.29, 0.717) is 17.1 Å². The molecule has 0 spiro atoms. The zero-order valence-electron chi connectivity index (χ0n) is 21.3. The maximum atomic E-state index is 13.3. The molecule has 202 valence electrons. The van der Waals surface area contributed by atoms with Crippen molar-refractivity contribution < 1.29 is 57.8 Å². The van der Waals surface area contributed by atoms with Gasteiger partial charge in [0, 0.05) is 11.8 Å². The molecule has 1 saturated carbocycles. The maximum Gasteiger partial charge on any atom is 0.337 e. The summed E-state index contributed by atoms with van der Waals surface area (Å²) >= 11 is 0. The Morgan fingerprint density at radius 3 is 1.81 bits per heavy atom. The highest BCUT2D eigenvalue weighted by molar-refractivity contribution is 5.96. The molecule has 0 saturated heterocycles. The predicted molar refractivity (Wildman–Crippen MR) is 124 cm³/mol. The second-order valence-electron chi connectivity index (χ2n) is 8.70. The normalized spacial score (nSPS) is 28.6. The van der Waals surface area contributed by atoms with Crippen molar-refractivity contribution >= 4 is 23.9 Å². The number of ether oxygens (including phenoxy) is 6. The van der Waals surface area contributed by atoms with Crippen molar-refractivity contribution in [2.45, 2.75) is 17.9 Å². The minimum absolute atomic E-state index is 0.111. The van der Waals surface area contributed by atoms with Gasteiger partial charge < -0.3 is 38.6 Å². The van der Waals surface area contributed by atoms with Crippen LogP contribution in [-0.4, -0.2) is 82.4 Å². The maximum absolute atomic E-state index is 13.3. The van der Waals surface area contributed by atoms with Gasteiger partial charge in [-0.1, -0.05) is 6.07 Å². The van der Waals surface area contributed by atoms with E-state index >= 15 is 0 Å². The van der Waals surface area contributed by atoms with Crippen LogP contribution in [0.3, 0.4) is 0 Å². The van der Waals surface area contributed by atoms with E-state index in [1.165, 1.54) is 14.2 Å². The molecule has 2 N–H and O–H groups in total. The van der Waals surface area contributed by atoms with Crippen LogP contribution in [0.4, 0.5) is 0 Å². The van der Waals surface area contributed by atoms with E-state index < -0.39 is 70.4 Å². The lowest BCUT2D eigenvalue weighted by Gasteiger charge is -2.55. The van der Waals surface area contributed by atoms with Crippen LogP contribution in [0.1, 0.15) is 17.9 Å². The third-order valence-corrected chi connectivity index (χ3v) is 7.28. The number of methoxy groups -OCH3 is 6. The van der Waals surface area contributed by atoms with E-state index in [0.717, 1.165) is 28.4 Å². The Hall–Kier alpha value is -3.80. The van der Waals surface area contributed by atoms with Gasteiger partial charge in [0.25, 0.3) is 0 Å². The minimum Gasteiger partial charge on any atom is -0.511 e. The minimum atomic E-state index is -2.62. The SMILES string of the molecule is COC(=O)C1=C(O)C(C(=O)OC)[C@]2(O)[C@H](C(=O)OC)[C@H]1C[C@@H](c1ccc(OC)c(OC)c1)[C@H]2C(=O)OC. The molecule has 2 bridgehead atoms. The van der Waals surface area contributed by atoms with Crippen molar-refractivity contribution in [3.8, 4) is 11.5 Å². The third kappa shape index (κ3) is 4.24. The molecule has 12 nitrogen and oxygen atoms in total. The van der Waals surface area contributed by atoms with E-state index in [9.17, 15) is 29.4 Å². The second-order valence-corrected chi connectivity index (χ2v) is 8.70. The summed E-state index contributed by atoms with van der Waals surface area (Å²) in [6, 6.07) is 4.78. The molecule has 1 unspecified atom stereocenters. The molecule has 2 aliphatic carbocycles. The van der Waals surface area contributed by atoms with Gasteiger partial charge in [0.05, 0.1) is 60.1 Å². The second kappa shape index (κ2) is 10.7. The molecule has 6 atom stereocenters. The van der Waals surface area contributed by atoms with Crippen LogP contribution in [0.15, 0.2) is 29.5 Å². The molecule has 1 aromatic rings. The molecule has 0 amide bonds. The van der Waals surface area contributed by atoms with Crippen LogP contribution >= 0.6 is 0 Å². The van der Waals surface area contributed by atoms with E-state index in [1.54, 1.807) is 18.2 Å². The van der Waals surface area contributed by atoms with Gasteiger partial charge in [-0.15, -0.1) is 0 Å². The van der Waals surface area contributed by atoms with Crippen LogP contribution < -0.4 is 9.47 Å². The Bertz CT molecular complexity index is 1120. The smallest absolute Gasteiger partial charge is 0.337 e. The number of hydrogen-bond donors (Lipinski definition) is 2. The highest BCUT2D eigenvalue weighted by Crippen LogP contribution is 2.60. The summed E-state index contributed by atoms with van der Waals surface area (Å²) in [5.74, 6) is -11.7. The average Bonchev–Trinajstić information content (AvgIpc) is 2.90. The number of fused-ring (bicyclic) bond motifs is 2. The van der Waals surface area contributed by atoms with Crippen molar-refractivity contribution in [3.05, 3.63) is 35.1 Å². The van der Waals surface area contributed by atoms with Crippen molar-refractivity contribution in [3.63, 3.8) is 0 Å². The Kier molecular flexibility index (Phi) is 8.01. The molecule has 0 aromatic heterocycles. The lowest BCUT2D eigenvalue weighted by Crippen LogP contribution is -2.68. The Labute approximate surface area is 213 Å². The summed E-state index contributed by atoms with van der Waals surface area (Å²) in [5.41, 5.74) is -2.56. The number of esters is 4. The number of carbonyl (C=O) groups is 4. The first-order valence-corrected chi connectivity index (χ1v) is 11.3. The van der Waals surface area contributed by atoms with Gasteiger partial charge >= 0.3 is 23.9 Å². The molecule has 0 aliphatic heterocycles. The van der Waals surface area contributed by atoms with Gasteiger partial charge in [-0.3, -0.25) is 14.4 Å². The van der Waals surface area contributed by atoms with E-state index in [-0.39, 0.29) is 6.42 Å². The molecule has 1 aromatic carbocycles. The Morgan fingerprint density at radius 2 is 1.32 bits per heavy atom. The van der Waals surface area contributed by atoms with Gasteiger partial charge in [0.1, 0.15) is 17.3 Å². The highest BCUT2D eigenvalue weighted by atomic mass is 16.5. The fraction of sp³-hybridized carbons (Fsp3) is 0.520. The van der Waals surface area contributed by atoms with Gasteiger partial charge in [-0.2, -0.15) is 0 Å². The van der Waals surface area contributed by atoms with Crippen LogP contribution in [0.2, 0.25) is 0 Å². The molecule has 0 heterocycles. The molecular weight excluding hydrogens is 492 g/mol. The molecular formula is C25H30O12. The van der Waals surface area contributed by atoms with Crippen LogP contribution in [0.5, 0.6) is 11.5 Å². The number of aliphatic hydroxyl groups excluding tert-OH is 1. The first-order valence-electron chi connectivity index (χ1n) is 11.3. The summed E-state index contributed by atoms with van der Waals surface area (Å²) in [6.07, 6.45) is -0.111. The lowest BCUT2D eigenvalue weighted by molar-refractivity contribution is -0.208. The van der Waals surface area contributed by atoms with Crippen molar-refractivity contribution in [1.82, 2.24) is 0 Å². The summed E-state index contributed by atoms with van der Waals surface area (Å²) in [6.45, 7) is 0. The molecule has 2 aliphatic rings. The first kappa shape index (κ1) is 27.8. The van der Waals surface area contributed by atoms with Crippen LogP contribution in [0.25, 0.3) is 0 Å². The van der Waals surface area contributed by atoms with Crippen LogP contribution in [0, 0.1) is 23.7 Å². The van der Waals surface area contributed by atoms with Crippen molar-refractivity contribution in [2.75, 3.05) is 42.7 Å². The molecule has 37 heavy (non-hydrogen) atoms. The van der Waals surface area contributed by atoms with E-state index in [2.05, 4.69) is 0 Å². The summed E-state index contributed by atoms with van der Waals surface area (Å²) in [4.78, 5) is 52.3. The molecule has 0 radical (unpaired) electrons. The number of benzene rings is 1. The standard InChI is InChI=1S/C25H30O12/c1-32-14-8-7-11(9-15(14)33-2)12-10-13-16(21(27)34-3)20(26)19(24(30)37-6)25(31,17(12)22(28)35-4)18(13)23(29)36-5/h7-9,12-13,17-19,26,31H,10H2,1-6H3/t12-,13-,17-,18-,19?,25+/m0/s1. The number of hydrogen-bond acceptors (Lipinski definition) is 12. The Morgan fingerprint density at radius 1 is 0.784 bits per heavy atom. The monoisotopic (exact) mass is 522 g/mol. The van der Waals surface area contributed by atoms with E-state index in [4.69, 9.17) is 28.4 Å². The first-order chi connectivity index (χ1) is 17.6. The van der Waals surface area contributed by atoms with Crippen LogP contribution in [-0.2, 0) is 38.1 Å². The van der Waals surface area contributed by atoms with E-state index in [1.807, 2.05) is 0 Å². The van der Waals surface area contributed by atoms with Gasteiger partial charge in [0.15, 0.2) is 11.5 Å². The third-order valence-electron chi connectivity index (χ3n) is 7.28. The van der Waals surface area contributed by atoms with Crippen molar-refractivity contribution in [1.29, 1.82) is 0 Å². The summed E-state index contributed by atoms with van der Waals surface area (Å²) in [7, 11) is 7.07. The summed E-state index contributed by atoms with van der Waals surface area (Å²) in [5, 5.41) is 23.4. The number of carbonyl (C=O) groups excluding carboxylic acids is 4. The quantitative estimate of drug-likeness (QED) is 0.385. The highest BCUT2D eigenvalue weighted by Gasteiger charge is 2.71. The predicted octanol–water partition coefficient (Wildman–Crippen LogP) is 0.905. The lowest BCUT2D eigenvalue weighted by atomic mass is 9.49. The average molecular weight is 523 g/mol. The molecule has 1 fully saturated rings. The number of rotatable bonds is 7. The largest absolute Gasteiger partial charge is 0.511 e. The fourth-order valence-corrected chi connectivity index (χ4v) is 5.75.